The lowest BCUT2D eigenvalue weighted by atomic mass is 9.86. The van der Waals surface area contributed by atoms with Gasteiger partial charge in [0.2, 0.25) is 0 Å². The third kappa shape index (κ3) is 1.58. The van der Waals surface area contributed by atoms with Gasteiger partial charge in [-0.3, -0.25) is 0 Å². The molecule has 0 spiro atoms. The van der Waals surface area contributed by atoms with E-state index in [1.807, 2.05) is 11.6 Å². The largest absolute Gasteiger partial charge is 0.392 e. The summed E-state index contributed by atoms with van der Waals surface area (Å²) in [6.45, 7) is 0. The Bertz CT molecular complexity index is 284. The summed E-state index contributed by atoms with van der Waals surface area (Å²) < 4.78 is 1.90. The van der Waals surface area contributed by atoms with Gasteiger partial charge in [0.05, 0.1) is 6.10 Å². The zero-order chi connectivity index (χ0) is 9.26. The normalized spacial score (nSPS) is 29.1. The van der Waals surface area contributed by atoms with E-state index in [0.29, 0.717) is 0 Å². The maximum Gasteiger partial charge on any atom is 0.138 e. The smallest absolute Gasteiger partial charge is 0.138 e. The van der Waals surface area contributed by atoms with Gasteiger partial charge in [0.15, 0.2) is 0 Å². The molecule has 1 N–H and O–H groups in total. The van der Waals surface area contributed by atoms with Gasteiger partial charge in [0.25, 0.3) is 0 Å². The molecule has 1 aliphatic rings. The SMILES string of the molecule is Cn1cnnc1C1CCCCC1O. The predicted octanol–water partition coefficient (Wildman–Crippen LogP) is 0.834. The van der Waals surface area contributed by atoms with Gasteiger partial charge in [0.1, 0.15) is 12.2 Å². The van der Waals surface area contributed by atoms with Crippen LogP contribution in [0.25, 0.3) is 0 Å². The molecule has 4 heteroatoms. The van der Waals surface area contributed by atoms with Crippen LogP contribution in [0.3, 0.4) is 0 Å². The molecule has 13 heavy (non-hydrogen) atoms. The standard InChI is InChI=1S/C9H15N3O/c1-12-6-10-11-9(12)7-4-2-3-5-8(7)13/h6-8,13H,2-5H2,1H3. The summed E-state index contributed by atoms with van der Waals surface area (Å²) >= 11 is 0. The van der Waals surface area contributed by atoms with E-state index in [9.17, 15) is 5.11 Å². The molecule has 2 rings (SSSR count). The molecule has 1 saturated carbocycles. The van der Waals surface area contributed by atoms with Crippen LogP contribution in [0.2, 0.25) is 0 Å². The maximum absolute atomic E-state index is 9.78. The van der Waals surface area contributed by atoms with E-state index in [0.717, 1.165) is 25.1 Å². The minimum atomic E-state index is -0.225. The van der Waals surface area contributed by atoms with Crippen LogP contribution in [-0.2, 0) is 7.05 Å². The lowest BCUT2D eigenvalue weighted by Crippen LogP contribution is -2.24. The summed E-state index contributed by atoms with van der Waals surface area (Å²) in [5, 5.41) is 17.7. The Hall–Kier alpha value is -0.900. The Kier molecular flexibility index (Phi) is 2.31. The molecule has 2 atom stereocenters. The first-order chi connectivity index (χ1) is 6.29. The van der Waals surface area contributed by atoms with E-state index in [4.69, 9.17) is 0 Å². The molecule has 1 aliphatic carbocycles. The van der Waals surface area contributed by atoms with E-state index in [2.05, 4.69) is 10.2 Å². The first-order valence-electron chi connectivity index (χ1n) is 4.81. The summed E-state index contributed by atoms with van der Waals surface area (Å²) in [6, 6.07) is 0. The zero-order valence-electron chi connectivity index (χ0n) is 7.85. The molecule has 4 nitrogen and oxygen atoms in total. The van der Waals surface area contributed by atoms with Gasteiger partial charge in [-0.15, -0.1) is 10.2 Å². The summed E-state index contributed by atoms with van der Waals surface area (Å²) in [7, 11) is 1.93. The van der Waals surface area contributed by atoms with Crippen LogP contribution < -0.4 is 0 Å². The van der Waals surface area contributed by atoms with Crippen molar-refractivity contribution < 1.29 is 5.11 Å². The maximum atomic E-state index is 9.78. The van der Waals surface area contributed by atoms with E-state index in [1.165, 1.54) is 6.42 Å². The molecular weight excluding hydrogens is 166 g/mol. The van der Waals surface area contributed by atoms with Crippen LogP contribution >= 0.6 is 0 Å². The van der Waals surface area contributed by atoms with Crippen molar-refractivity contribution in [2.24, 2.45) is 7.05 Å². The Labute approximate surface area is 77.6 Å². The fourth-order valence-electron chi connectivity index (χ4n) is 2.04. The fourth-order valence-corrected chi connectivity index (χ4v) is 2.04. The van der Waals surface area contributed by atoms with Crippen molar-refractivity contribution in [2.75, 3.05) is 0 Å². The number of aliphatic hydroxyl groups excluding tert-OH is 1. The second-order valence-electron chi connectivity index (χ2n) is 3.76. The molecule has 1 aromatic rings. The highest BCUT2D eigenvalue weighted by atomic mass is 16.3. The van der Waals surface area contributed by atoms with E-state index < -0.39 is 0 Å². The number of aryl methyl sites for hydroxylation is 1. The topological polar surface area (TPSA) is 50.9 Å². The number of rotatable bonds is 1. The fraction of sp³-hybridized carbons (Fsp3) is 0.778. The van der Waals surface area contributed by atoms with E-state index >= 15 is 0 Å². The van der Waals surface area contributed by atoms with Crippen LogP contribution in [0.4, 0.5) is 0 Å². The number of aromatic nitrogens is 3. The van der Waals surface area contributed by atoms with Crippen molar-refractivity contribution in [3.8, 4) is 0 Å². The molecule has 0 aliphatic heterocycles. The highest BCUT2D eigenvalue weighted by Gasteiger charge is 2.27. The summed E-state index contributed by atoms with van der Waals surface area (Å²) in [5.41, 5.74) is 0. The third-order valence-corrected chi connectivity index (χ3v) is 2.81. The predicted molar refractivity (Wildman–Crippen MR) is 48.2 cm³/mol. The Morgan fingerprint density at radius 3 is 2.85 bits per heavy atom. The van der Waals surface area contributed by atoms with Crippen LogP contribution in [0, 0.1) is 0 Å². The summed E-state index contributed by atoms with van der Waals surface area (Å²) in [5.74, 6) is 1.12. The number of aliphatic hydroxyl groups is 1. The molecule has 0 saturated heterocycles. The van der Waals surface area contributed by atoms with Crippen molar-refractivity contribution in [2.45, 2.75) is 37.7 Å². The van der Waals surface area contributed by atoms with E-state index in [-0.39, 0.29) is 12.0 Å². The second-order valence-corrected chi connectivity index (χ2v) is 3.76. The van der Waals surface area contributed by atoms with Gasteiger partial charge >= 0.3 is 0 Å². The van der Waals surface area contributed by atoms with Crippen LogP contribution in [0.1, 0.15) is 37.4 Å². The monoisotopic (exact) mass is 181 g/mol. The molecule has 2 unspecified atom stereocenters. The second kappa shape index (κ2) is 3.46. The van der Waals surface area contributed by atoms with Crippen LogP contribution in [0.5, 0.6) is 0 Å². The molecule has 1 aromatic heterocycles. The van der Waals surface area contributed by atoms with Gasteiger partial charge in [-0.25, -0.2) is 0 Å². The molecule has 1 heterocycles. The molecule has 0 radical (unpaired) electrons. The van der Waals surface area contributed by atoms with Crippen molar-refractivity contribution in [1.82, 2.24) is 14.8 Å². The first-order valence-corrected chi connectivity index (χ1v) is 4.81. The molecular formula is C9H15N3O. The van der Waals surface area contributed by atoms with Crippen molar-refractivity contribution >= 4 is 0 Å². The summed E-state index contributed by atoms with van der Waals surface area (Å²) in [6.07, 6.45) is 5.73. The zero-order valence-corrected chi connectivity index (χ0v) is 7.85. The lowest BCUT2D eigenvalue weighted by Gasteiger charge is -2.26. The molecule has 0 aromatic carbocycles. The van der Waals surface area contributed by atoms with Crippen LogP contribution in [0.15, 0.2) is 6.33 Å². The lowest BCUT2D eigenvalue weighted by molar-refractivity contribution is 0.101. The average molecular weight is 181 g/mol. The number of nitrogens with zero attached hydrogens (tertiary/aromatic N) is 3. The highest BCUT2D eigenvalue weighted by Crippen LogP contribution is 2.31. The molecule has 72 valence electrons. The van der Waals surface area contributed by atoms with E-state index in [1.54, 1.807) is 6.33 Å². The number of hydrogen-bond donors (Lipinski definition) is 1. The van der Waals surface area contributed by atoms with Gasteiger partial charge in [-0.1, -0.05) is 12.8 Å². The Morgan fingerprint density at radius 2 is 2.23 bits per heavy atom. The van der Waals surface area contributed by atoms with Crippen molar-refractivity contribution in [3.63, 3.8) is 0 Å². The molecule has 0 bridgehead atoms. The number of hydrogen-bond acceptors (Lipinski definition) is 3. The molecule has 1 fully saturated rings. The Morgan fingerprint density at radius 1 is 1.46 bits per heavy atom. The molecule has 0 amide bonds. The minimum absolute atomic E-state index is 0.196. The van der Waals surface area contributed by atoms with Crippen LogP contribution in [-0.4, -0.2) is 26.0 Å². The van der Waals surface area contributed by atoms with Gasteiger partial charge < -0.3 is 9.67 Å². The van der Waals surface area contributed by atoms with Crippen molar-refractivity contribution in [3.05, 3.63) is 12.2 Å². The Balaban J connectivity index is 2.19. The minimum Gasteiger partial charge on any atom is -0.392 e. The quantitative estimate of drug-likeness (QED) is 0.698. The average Bonchev–Trinajstić information content (AvgIpc) is 2.52. The third-order valence-electron chi connectivity index (χ3n) is 2.81. The van der Waals surface area contributed by atoms with Crippen molar-refractivity contribution in [1.29, 1.82) is 0 Å². The van der Waals surface area contributed by atoms with Gasteiger partial charge in [-0.2, -0.15) is 0 Å². The summed E-state index contributed by atoms with van der Waals surface area (Å²) in [4.78, 5) is 0. The highest BCUT2D eigenvalue weighted by molar-refractivity contribution is 5.00. The van der Waals surface area contributed by atoms with Gasteiger partial charge in [0, 0.05) is 13.0 Å². The first kappa shape index (κ1) is 8.69. The van der Waals surface area contributed by atoms with Gasteiger partial charge in [-0.05, 0) is 12.8 Å².